The number of carboxylic acid groups (broad SMARTS) is 1. The zero-order chi connectivity index (χ0) is 36.2. The summed E-state index contributed by atoms with van der Waals surface area (Å²) in [6.07, 6.45) is 3.13. The van der Waals surface area contributed by atoms with Gasteiger partial charge in [0.25, 0.3) is 11.8 Å². The fourth-order valence-corrected chi connectivity index (χ4v) is 9.27. The van der Waals surface area contributed by atoms with Gasteiger partial charge in [0.2, 0.25) is 0 Å². The largest absolute Gasteiger partial charge is 0.496 e. The maximum Gasteiger partial charge on any atom is 0.408 e. The van der Waals surface area contributed by atoms with E-state index in [9.17, 15) is 19.5 Å². The Hall–Kier alpha value is -5.25. The first kappa shape index (κ1) is 32.6. The highest BCUT2D eigenvalue weighted by Gasteiger charge is 2.54. The third-order valence-electron chi connectivity index (χ3n) is 11.9. The van der Waals surface area contributed by atoms with Crippen LogP contribution in [0.4, 0.5) is 4.79 Å². The number of aryl methyl sites for hydroxylation is 1. The van der Waals surface area contributed by atoms with E-state index >= 15 is 0 Å². The number of furan rings is 1. The second-order valence-corrected chi connectivity index (χ2v) is 16.2. The Morgan fingerprint density at radius 2 is 1.79 bits per heavy atom. The van der Waals surface area contributed by atoms with Gasteiger partial charge in [-0.05, 0) is 118 Å². The van der Waals surface area contributed by atoms with Gasteiger partial charge < -0.3 is 29.0 Å². The van der Waals surface area contributed by atoms with E-state index in [1.165, 1.54) is 12.8 Å². The summed E-state index contributed by atoms with van der Waals surface area (Å²) in [5.74, 6) is 1.89. The van der Waals surface area contributed by atoms with Crippen molar-refractivity contribution in [1.29, 1.82) is 0 Å². The van der Waals surface area contributed by atoms with E-state index in [4.69, 9.17) is 9.15 Å². The predicted octanol–water partition coefficient (Wildman–Crippen LogP) is 8.07. The van der Waals surface area contributed by atoms with Crippen molar-refractivity contribution in [3.05, 3.63) is 76.9 Å². The first-order chi connectivity index (χ1) is 24.9. The third-order valence-corrected chi connectivity index (χ3v) is 11.9. The van der Waals surface area contributed by atoms with Crippen molar-refractivity contribution in [2.75, 3.05) is 13.7 Å². The summed E-state index contributed by atoms with van der Waals surface area (Å²) in [6, 6.07) is 18.0. The maximum atomic E-state index is 14.3. The van der Waals surface area contributed by atoms with Crippen LogP contribution in [0.5, 0.6) is 5.75 Å². The summed E-state index contributed by atoms with van der Waals surface area (Å²) >= 11 is 0. The number of hydrogen-bond acceptors (Lipinski definition) is 5. The zero-order valence-corrected chi connectivity index (χ0v) is 30.3. The number of carbonyl (C=O) groups excluding carboxylic acids is 2. The van der Waals surface area contributed by atoms with Gasteiger partial charge in [-0.3, -0.25) is 14.5 Å². The number of piperidine rings is 1. The van der Waals surface area contributed by atoms with E-state index in [0.717, 1.165) is 74.9 Å². The summed E-state index contributed by atoms with van der Waals surface area (Å²) < 4.78 is 15.0. The van der Waals surface area contributed by atoms with Crippen LogP contribution in [-0.2, 0) is 13.1 Å². The molecule has 3 aromatic carbocycles. The van der Waals surface area contributed by atoms with Crippen LogP contribution in [0.3, 0.4) is 0 Å². The summed E-state index contributed by atoms with van der Waals surface area (Å²) in [6.45, 7) is 9.75. The molecule has 0 spiro atoms. The molecule has 2 N–H and O–H groups in total. The Kier molecular flexibility index (Phi) is 7.30. The number of aromatic nitrogens is 1. The molecule has 5 aromatic rings. The lowest BCUT2D eigenvalue weighted by Gasteiger charge is -2.40. The van der Waals surface area contributed by atoms with Crippen LogP contribution in [0, 0.1) is 18.8 Å². The number of amides is 3. The van der Waals surface area contributed by atoms with Crippen LogP contribution < -0.4 is 10.1 Å². The molecule has 2 aliphatic heterocycles. The van der Waals surface area contributed by atoms with E-state index < -0.39 is 11.6 Å². The van der Waals surface area contributed by atoms with Crippen LogP contribution in [0.2, 0.25) is 0 Å². The second-order valence-electron chi connectivity index (χ2n) is 16.2. The van der Waals surface area contributed by atoms with Gasteiger partial charge in [-0.25, -0.2) is 4.79 Å². The number of hydrogen-bond donors (Lipinski definition) is 2. The molecule has 2 saturated carbocycles. The number of methoxy groups -OCH3 is 1. The van der Waals surface area contributed by atoms with Crippen LogP contribution in [0.15, 0.2) is 59.0 Å². The molecule has 3 amide bonds. The number of fused-ring (bicyclic) bond motifs is 5. The Morgan fingerprint density at radius 3 is 2.52 bits per heavy atom. The van der Waals surface area contributed by atoms with Gasteiger partial charge in [0.05, 0.1) is 30.3 Å². The predicted molar refractivity (Wildman–Crippen MR) is 199 cm³/mol. The Labute approximate surface area is 302 Å². The van der Waals surface area contributed by atoms with Gasteiger partial charge >= 0.3 is 6.09 Å². The van der Waals surface area contributed by atoms with Crippen molar-refractivity contribution >= 4 is 39.8 Å². The van der Waals surface area contributed by atoms with Crippen molar-refractivity contribution in [2.24, 2.45) is 11.8 Å². The SMILES string of the molecule is COc1cc(C(=O)N2CC3CCC2[C@@H]3N(C(=O)O)C(C)(C)C)cc2oc(-c3cc4ccc(-c5ccc6c(c5)CNC6=O)cc4n3CC3CC3)c(C)c12. The first-order valence-electron chi connectivity index (χ1n) is 18.4. The molecule has 9 rings (SSSR count). The van der Waals surface area contributed by atoms with Gasteiger partial charge in [0.1, 0.15) is 11.3 Å². The summed E-state index contributed by atoms with van der Waals surface area (Å²) in [4.78, 5) is 42.3. The average Bonchev–Trinajstić information content (AvgIpc) is 3.35. The Balaban J connectivity index is 1.10. The smallest absolute Gasteiger partial charge is 0.408 e. The van der Waals surface area contributed by atoms with E-state index in [1.807, 2.05) is 56.9 Å². The summed E-state index contributed by atoms with van der Waals surface area (Å²) in [5, 5.41) is 15.1. The topological polar surface area (TPSA) is 117 Å². The van der Waals surface area contributed by atoms with Gasteiger partial charge in [-0.15, -0.1) is 0 Å². The molecular weight excluding hydrogens is 656 g/mol. The molecule has 0 radical (unpaired) electrons. The number of likely N-dealkylation sites (tertiary alicyclic amines) is 1. The average molecular weight is 701 g/mol. The molecule has 4 heterocycles. The number of carbonyl (C=O) groups is 3. The first-order valence-corrected chi connectivity index (χ1v) is 18.4. The molecule has 3 atom stereocenters. The van der Waals surface area contributed by atoms with Gasteiger partial charge in [0.15, 0.2) is 5.76 Å². The van der Waals surface area contributed by atoms with Crippen molar-refractivity contribution in [1.82, 2.24) is 19.7 Å². The normalized spacial score (nSPS) is 20.9. The molecule has 2 aromatic heterocycles. The van der Waals surface area contributed by atoms with Crippen LogP contribution >= 0.6 is 0 Å². The minimum Gasteiger partial charge on any atom is -0.496 e. The van der Waals surface area contributed by atoms with Gasteiger partial charge in [-0.2, -0.15) is 0 Å². The van der Waals surface area contributed by atoms with Gasteiger partial charge in [0, 0.05) is 52.8 Å². The molecule has 2 bridgehead atoms. The quantitative estimate of drug-likeness (QED) is 0.177. The fraction of sp³-hybridized carbons (Fsp3) is 0.405. The van der Waals surface area contributed by atoms with E-state index in [0.29, 0.717) is 35.9 Å². The fourth-order valence-electron chi connectivity index (χ4n) is 9.27. The lowest BCUT2D eigenvalue weighted by Crippen LogP contribution is -2.55. The number of rotatable bonds is 7. The molecule has 1 saturated heterocycles. The number of nitrogens with one attached hydrogen (secondary N) is 1. The molecule has 10 heteroatoms. The highest BCUT2D eigenvalue weighted by Crippen LogP contribution is 2.46. The van der Waals surface area contributed by atoms with Crippen LogP contribution in [-0.4, -0.2) is 68.7 Å². The monoisotopic (exact) mass is 700 g/mol. The molecule has 10 nitrogen and oxygen atoms in total. The highest BCUT2D eigenvalue weighted by atomic mass is 16.5. The minimum atomic E-state index is -0.945. The van der Waals surface area contributed by atoms with E-state index in [2.05, 4.69) is 40.2 Å². The molecular formula is C42H44N4O6. The van der Waals surface area contributed by atoms with Crippen molar-refractivity contribution in [3.63, 3.8) is 0 Å². The lowest BCUT2D eigenvalue weighted by atomic mass is 9.98. The van der Waals surface area contributed by atoms with E-state index in [-0.39, 0.29) is 29.8 Å². The number of ether oxygens (including phenoxy) is 1. The molecule has 3 fully saturated rings. The molecule has 2 aliphatic carbocycles. The maximum absolute atomic E-state index is 14.3. The third kappa shape index (κ3) is 5.09. The standard InChI is InChI=1S/C42H44N4O6/c1-22-36-34(51-5)17-28(40(48)45-21-27-11-13-31(45)37(27)46(41(49)50)42(2,3)4)18-35(36)52-38(22)33-16-26-9-8-25(15-32(26)44(33)20-23-6-7-23)24-10-12-30-29(14-24)19-43-39(30)47/h8-10,12,14-18,23,27,31,37H,6-7,11,13,19-21H2,1-5H3,(H,43,47)(H,49,50)/t27?,31?,37-/m1/s1. The van der Waals surface area contributed by atoms with E-state index in [1.54, 1.807) is 12.0 Å². The minimum absolute atomic E-state index is 0.0193. The van der Waals surface area contributed by atoms with Crippen LogP contribution in [0.1, 0.15) is 78.3 Å². The number of nitrogens with zero attached hydrogens (tertiary/aromatic N) is 3. The van der Waals surface area contributed by atoms with Crippen molar-refractivity contribution in [2.45, 2.75) is 84.1 Å². The van der Waals surface area contributed by atoms with Gasteiger partial charge in [-0.1, -0.05) is 18.2 Å². The highest BCUT2D eigenvalue weighted by molar-refractivity contribution is 6.03. The van der Waals surface area contributed by atoms with Crippen LogP contribution in [0.25, 0.3) is 44.5 Å². The second kappa shape index (κ2) is 11.6. The zero-order valence-electron chi connectivity index (χ0n) is 30.3. The molecule has 52 heavy (non-hydrogen) atoms. The summed E-state index contributed by atoms with van der Waals surface area (Å²) in [5.41, 5.74) is 7.47. The van der Waals surface area contributed by atoms with Crippen molar-refractivity contribution < 1.29 is 28.6 Å². The molecule has 2 unspecified atom stereocenters. The molecule has 268 valence electrons. The molecule has 4 aliphatic rings. The number of benzene rings is 3. The lowest BCUT2D eigenvalue weighted by molar-refractivity contribution is 0.0503. The Morgan fingerprint density at radius 1 is 1.02 bits per heavy atom. The van der Waals surface area contributed by atoms with Crippen molar-refractivity contribution in [3.8, 4) is 28.3 Å². The Bertz CT molecular complexity index is 2320. The summed E-state index contributed by atoms with van der Waals surface area (Å²) in [7, 11) is 1.62.